The van der Waals surface area contributed by atoms with Crippen LogP contribution in [0.3, 0.4) is 0 Å². The van der Waals surface area contributed by atoms with Gasteiger partial charge < -0.3 is 4.74 Å². The van der Waals surface area contributed by atoms with E-state index in [1.165, 1.54) is 0 Å². The van der Waals surface area contributed by atoms with Crippen molar-refractivity contribution >= 4 is 17.3 Å². The fourth-order valence-electron chi connectivity index (χ4n) is 1.84. The minimum Gasteiger partial charge on any atom is -0.438 e. The van der Waals surface area contributed by atoms with Crippen LogP contribution in [-0.4, -0.2) is 5.90 Å². The third-order valence-electron chi connectivity index (χ3n) is 2.66. The van der Waals surface area contributed by atoms with Gasteiger partial charge in [0.2, 0.25) is 5.90 Å². The van der Waals surface area contributed by atoms with E-state index in [9.17, 15) is 0 Å². The number of para-hydroxylation sites is 1. The predicted molar refractivity (Wildman–Crippen MR) is 69.2 cm³/mol. The molecule has 0 saturated heterocycles. The lowest BCUT2D eigenvalue weighted by molar-refractivity contribution is 0.527. The molecule has 0 saturated carbocycles. The minimum absolute atomic E-state index is 0.622. The Morgan fingerprint density at radius 1 is 0.824 bits per heavy atom. The van der Waals surface area contributed by atoms with Crippen LogP contribution in [0.25, 0.3) is 5.76 Å². The van der Waals surface area contributed by atoms with Crippen molar-refractivity contribution in [1.82, 2.24) is 0 Å². The molecular formula is C15H11NO. The van der Waals surface area contributed by atoms with Crippen molar-refractivity contribution in [2.45, 2.75) is 0 Å². The number of hydrogen-bond donors (Lipinski definition) is 0. The van der Waals surface area contributed by atoms with Crippen molar-refractivity contribution in [2.24, 2.45) is 4.99 Å². The molecular weight excluding hydrogens is 210 g/mol. The van der Waals surface area contributed by atoms with Gasteiger partial charge in [0.05, 0.1) is 5.69 Å². The SMILES string of the molecule is C=C1O/C(=N\c2ccccc2)c2ccccc21. The van der Waals surface area contributed by atoms with Gasteiger partial charge in [0.25, 0.3) is 0 Å². The highest BCUT2D eigenvalue weighted by atomic mass is 16.5. The summed E-state index contributed by atoms with van der Waals surface area (Å²) in [6.45, 7) is 3.88. The van der Waals surface area contributed by atoms with Gasteiger partial charge in [-0.15, -0.1) is 0 Å². The van der Waals surface area contributed by atoms with Crippen LogP contribution in [0.5, 0.6) is 0 Å². The van der Waals surface area contributed by atoms with E-state index in [1.54, 1.807) is 0 Å². The fraction of sp³-hybridized carbons (Fsp3) is 0. The first-order valence-corrected chi connectivity index (χ1v) is 5.45. The summed E-state index contributed by atoms with van der Waals surface area (Å²) in [5.41, 5.74) is 2.90. The van der Waals surface area contributed by atoms with Crippen LogP contribution in [0.15, 0.2) is 66.2 Å². The van der Waals surface area contributed by atoms with E-state index in [0.29, 0.717) is 11.7 Å². The van der Waals surface area contributed by atoms with E-state index in [1.807, 2.05) is 54.6 Å². The monoisotopic (exact) mass is 221 g/mol. The zero-order chi connectivity index (χ0) is 11.7. The molecule has 2 aromatic rings. The molecule has 0 aliphatic carbocycles. The highest BCUT2D eigenvalue weighted by Crippen LogP contribution is 2.29. The summed E-state index contributed by atoms with van der Waals surface area (Å²) >= 11 is 0. The summed E-state index contributed by atoms with van der Waals surface area (Å²) < 4.78 is 5.59. The first-order chi connectivity index (χ1) is 8.34. The third kappa shape index (κ3) is 1.74. The van der Waals surface area contributed by atoms with Crippen LogP contribution in [0.2, 0.25) is 0 Å². The molecule has 0 spiro atoms. The average molecular weight is 221 g/mol. The second-order valence-electron chi connectivity index (χ2n) is 3.82. The number of nitrogens with zero attached hydrogens (tertiary/aromatic N) is 1. The molecule has 1 heterocycles. The highest BCUT2D eigenvalue weighted by molar-refractivity contribution is 6.06. The molecule has 2 heteroatoms. The van der Waals surface area contributed by atoms with Gasteiger partial charge in [-0.2, -0.15) is 0 Å². The largest absolute Gasteiger partial charge is 0.438 e. The van der Waals surface area contributed by atoms with Crippen molar-refractivity contribution in [3.05, 3.63) is 72.3 Å². The number of hydrogen-bond acceptors (Lipinski definition) is 2. The first kappa shape index (κ1) is 9.85. The normalized spacial score (nSPS) is 15.8. The Labute approximate surface area is 99.9 Å². The van der Waals surface area contributed by atoms with E-state index < -0.39 is 0 Å². The summed E-state index contributed by atoms with van der Waals surface area (Å²) in [6.07, 6.45) is 0. The van der Waals surface area contributed by atoms with Crippen molar-refractivity contribution in [1.29, 1.82) is 0 Å². The van der Waals surface area contributed by atoms with Crippen molar-refractivity contribution in [3.63, 3.8) is 0 Å². The van der Waals surface area contributed by atoms with Crippen molar-refractivity contribution in [3.8, 4) is 0 Å². The molecule has 0 unspecified atom stereocenters. The van der Waals surface area contributed by atoms with Crippen molar-refractivity contribution < 1.29 is 4.74 Å². The Kier molecular flexibility index (Phi) is 2.26. The van der Waals surface area contributed by atoms with Gasteiger partial charge in [-0.25, -0.2) is 4.99 Å². The molecule has 1 aliphatic heterocycles. The van der Waals surface area contributed by atoms with Crippen LogP contribution in [0.1, 0.15) is 11.1 Å². The van der Waals surface area contributed by atoms with Crippen LogP contribution in [0, 0.1) is 0 Å². The zero-order valence-electron chi connectivity index (χ0n) is 9.26. The smallest absolute Gasteiger partial charge is 0.227 e. The van der Waals surface area contributed by atoms with E-state index in [2.05, 4.69) is 11.6 Å². The van der Waals surface area contributed by atoms with Gasteiger partial charge in [-0.1, -0.05) is 43.0 Å². The van der Waals surface area contributed by atoms with Crippen LogP contribution < -0.4 is 0 Å². The highest BCUT2D eigenvalue weighted by Gasteiger charge is 2.22. The maximum absolute atomic E-state index is 5.59. The molecule has 2 aromatic carbocycles. The maximum Gasteiger partial charge on any atom is 0.227 e. The predicted octanol–water partition coefficient (Wildman–Crippen LogP) is 3.77. The first-order valence-electron chi connectivity index (χ1n) is 5.45. The molecule has 17 heavy (non-hydrogen) atoms. The van der Waals surface area contributed by atoms with Gasteiger partial charge >= 0.3 is 0 Å². The van der Waals surface area contributed by atoms with Gasteiger partial charge in [-0.05, 0) is 18.2 Å². The van der Waals surface area contributed by atoms with E-state index in [4.69, 9.17) is 4.74 Å². The minimum atomic E-state index is 0.622. The second kappa shape index (κ2) is 3.91. The van der Waals surface area contributed by atoms with Crippen LogP contribution >= 0.6 is 0 Å². The lowest BCUT2D eigenvalue weighted by Crippen LogP contribution is -1.95. The lowest BCUT2D eigenvalue weighted by atomic mass is 10.1. The Bertz CT molecular complexity index is 599. The molecule has 3 rings (SSSR count). The molecule has 0 atom stereocenters. The summed E-state index contributed by atoms with van der Waals surface area (Å²) in [5.74, 6) is 1.28. The van der Waals surface area contributed by atoms with Crippen LogP contribution in [-0.2, 0) is 4.74 Å². The fourth-order valence-corrected chi connectivity index (χ4v) is 1.84. The van der Waals surface area contributed by atoms with Gasteiger partial charge in [0, 0.05) is 11.1 Å². The molecule has 0 fully saturated rings. The molecule has 0 N–H and O–H groups in total. The van der Waals surface area contributed by atoms with E-state index in [-0.39, 0.29) is 0 Å². The lowest BCUT2D eigenvalue weighted by Gasteiger charge is -1.98. The number of fused-ring (bicyclic) bond motifs is 1. The maximum atomic E-state index is 5.59. The Balaban J connectivity index is 2.08. The third-order valence-corrected chi connectivity index (χ3v) is 2.66. The molecule has 0 radical (unpaired) electrons. The summed E-state index contributed by atoms with van der Waals surface area (Å²) in [7, 11) is 0. The zero-order valence-corrected chi connectivity index (χ0v) is 9.26. The number of aliphatic imine (C=N–C) groups is 1. The Hall–Kier alpha value is -2.35. The van der Waals surface area contributed by atoms with E-state index >= 15 is 0 Å². The Morgan fingerprint density at radius 3 is 2.24 bits per heavy atom. The van der Waals surface area contributed by atoms with Crippen molar-refractivity contribution in [2.75, 3.05) is 0 Å². The van der Waals surface area contributed by atoms with Gasteiger partial charge in [0.1, 0.15) is 5.76 Å². The number of ether oxygens (including phenoxy) is 1. The molecule has 0 amide bonds. The Morgan fingerprint density at radius 2 is 1.47 bits per heavy atom. The van der Waals surface area contributed by atoms with Gasteiger partial charge in [0.15, 0.2) is 0 Å². The average Bonchev–Trinajstić information content (AvgIpc) is 2.69. The van der Waals surface area contributed by atoms with Crippen LogP contribution in [0.4, 0.5) is 5.69 Å². The molecule has 1 aliphatic rings. The summed E-state index contributed by atoms with van der Waals surface area (Å²) in [4.78, 5) is 4.48. The summed E-state index contributed by atoms with van der Waals surface area (Å²) in [6, 6.07) is 17.7. The molecule has 0 aromatic heterocycles. The van der Waals surface area contributed by atoms with E-state index in [0.717, 1.165) is 16.8 Å². The quantitative estimate of drug-likeness (QED) is 0.718. The molecule has 2 nitrogen and oxygen atoms in total. The molecule has 82 valence electrons. The number of benzene rings is 2. The number of rotatable bonds is 1. The standard InChI is InChI=1S/C15H11NO/c1-11-13-9-5-6-10-14(13)15(17-11)16-12-7-3-2-4-8-12/h2-10H,1H2/b16-15-. The molecule has 0 bridgehead atoms. The second-order valence-corrected chi connectivity index (χ2v) is 3.82. The van der Waals surface area contributed by atoms with Gasteiger partial charge in [-0.3, -0.25) is 0 Å². The topological polar surface area (TPSA) is 21.6 Å². The summed E-state index contributed by atoms with van der Waals surface area (Å²) in [5, 5.41) is 0.